The number of hydrogen-bond donors (Lipinski definition) is 2. The molecule has 0 amide bonds. The van der Waals surface area contributed by atoms with Gasteiger partial charge in [-0.1, -0.05) is 0 Å². The van der Waals surface area contributed by atoms with Crippen molar-refractivity contribution in [2.24, 2.45) is 10.7 Å². The van der Waals surface area contributed by atoms with Gasteiger partial charge >= 0.3 is 5.97 Å². The number of ether oxygens (including phenoxy) is 3. The number of aliphatic imine (C=N–C) groups is 1. The molecule has 0 saturated carbocycles. The van der Waals surface area contributed by atoms with Crippen LogP contribution in [0.25, 0.3) is 0 Å². The third kappa shape index (κ3) is 4.78. The Bertz CT molecular complexity index is 608. The lowest BCUT2D eigenvalue weighted by Crippen LogP contribution is -2.34. The van der Waals surface area contributed by atoms with Crippen molar-refractivity contribution in [3.8, 4) is 11.5 Å². The fourth-order valence-electron chi connectivity index (χ4n) is 2.12. The van der Waals surface area contributed by atoms with Gasteiger partial charge < -0.3 is 25.1 Å². The lowest BCUT2D eigenvalue weighted by atomic mass is 10.2. The summed E-state index contributed by atoms with van der Waals surface area (Å²) in [6, 6.07) is 3.96. The number of carbonyl (C=O) groups is 1. The Morgan fingerprint density at radius 3 is 3.08 bits per heavy atom. The van der Waals surface area contributed by atoms with Gasteiger partial charge in [-0.3, -0.25) is 4.79 Å². The van der Waals surface area contributed by atoms with Gasteiger partial charge in [-0.15, -0.1) is 0 Å². The number of nitrogens with zero attached hydrogens (tertiary/aromatic N) is 1. The molecule has 0 aromatic heterocycles. The number of carbonyl (C=O) groups excluding carboxylic acids is 1. The molecule has 0 fully saturated rings. The second-order valence-corrected chi connectivity index (χ2v) is 6.29. The van der Waals surface area contributed by atoms with Crippen LogP contribution in [-0.2, 0) is 14.3 Å². The molecule has 7 nitrogen and oxygen atoms in total. The Hall–Kier alpha value is -1.93. The van der Waals surface area contributed by atoms with E-state index in [1.165, 1.54) is 13.2 Å². The summed E-state index contributed by atoms with van der Waals surface area (Å²) in [7, 11) is 1.47. The minimum absolute atomic E-state index is 0.0459. The van der Waals surface area contributed by atoms with Gasteiger partial charge in [0.05, 0.1) is 7.11 Å². The molecule has 1 aliphatic heterocycles. The van der Waals surface area contributed by atoms with Crippen LogP contribution in [0.1, 0.15) is 12.0 Å². The number of methoxy groups -OCH3 is 1. The van der Waals surface area contributed by atoms with E-state index in [-0.39, 0.29) is 18.4 Å². The van der Waals surface area contributed by atoms with Crippen LogP contribution in [0.5, 0.6) is 11.5 Å². The van der Waals surface area contributed by atoms with E-state index in [0.29, 0.717) is 30.2 Å². The van der Waals surface area contributed by atoms with E-state index in [1.807, 2.05) is 6.26 Å². The summed E-state index contributed by atoms with van der Waals surface area (Å²) in [5.74, 6) is 1.21. The van der Waals surface area contributed by atoms with Crippen molar-refractivity contribution in [3.05, 3.63) is 23.8 Å². The average Bonchev–Trinajstić information content (AvgIpc) is 3.06. The van der Waals surface area contributed by atoms with Crippen molar-refractivity contribution in [3.63, 3.8) is 0 Å². The minimum atomic E-state index is -0.607. The van der Waals surface area contributed by atoms with Gasteiger partial charge in [0.25, 0.3) is 0 Å². The number of benzene rings is 1. The predicted octanol–water partition coefficient (Wildman–Crippen LogP) is 1.17. The predicted molar refractivity (Wildman–Crippen MR) is 92.9 cm³/mol. The molecule has 8 heteroatoms. The Kier molecular flexibility index (Phi) is 6.74. The summed E-state index contributed by atoms with van der Waals surface area (Å²) in [5.41, 5.74) is 6.45. The second kappa shape index (κ2) is 8.79. The molecule has 24 heavy (non-hydrogen) atoms. The van der Waals surface area contributed by atoms with E-state index in [4.69, 9.17) is 19.9 Å². The maximum atomic E-state index is 11.8. The highest BCUT2D eigenvalue weighted by molar-refractivity contribution is 7.98. The van der Waals surface area contributed by atoms with Crippen molar-refractivity contribution < 1.29 is 24.1 Å². The first-order valence-electron chi connectivity index (χ1n) is 7.54. The maximum Gasteiger partial charge on any atom is 0.323 e. The van der Waals surface area contributed by atoms with Gasteiger partial charge in [0.15, 0.2) is 11.5 Å². The number of aromatic hydroxyl groups is 1. The van der Waals surface area contributed by atoms with E-state index in [9.17, 15) is 9.90 Å². The third-order valence-corrected chi connectivity index (χ3v) is 4.14. The first-order valence-corrected chi connectivity index (χ1v) is 8.93. The van der Waals surface area contributed by atoms with Crippen LogP contribution < -0.4 is 10.5 Å². The molecule has 0 aliphatic carbocycles. The molecule has 0 unspecified atom stereocenters. The third-order valence-electron chi connectivity index (χ3n) is 3.49. The van der Waals surface area contributed by atoms with Crippen molar-refractivity contribution in [2.45, 2.75) is 18.5 Å². The highest BCUT2D eigenvalue weighted by Gasteiger charge is 2.23. The summed E-state index contributed by atoms with van der Waals surface area (Å²) < 4.78 is 15.8. The molecular weight excluding hydrogens is 332 g/mol. The summed E-state index contributed by atoms with van der Waals surface area (Å²) in [4.78, 5) is 16.2. The zero-order valence-corrected chi connectivity index (χ0v) is 14.5. The molecule has 1 aliphatic rings. The van der Waals surface area contributed by atoms with E-state index >= 15 is 0 Å². The largest absolute Gasteiger partial charge is 0.504 e. The van der Waals surface area contributed by atoms with Crippen molar-refractivity contribution in [1.82, 2.24) is 0 Å². The quantitative estimate of drug-likeness (QED) is 0.675. The number of esters is 1. The van der Waals surface area contributed by atoms with Crippen molar-refractivity contribution in [2.75, 3.05) is 32.3 Å². The van der Waals surface area contributed by atoms with Gasteiger partial charge in [-0.2, -0.15) is 11.8 Å². The van der Waals surface area contributed by atoms with E-state index in [1.54, 1.807) is 23.9 Å². The standard InChI is InChI=1S/C16H22N2O5S/c1-21-14-7-10(3-4-13(14)19)15-18-11(8-22-15)9-23-16(20)12(17)5-6-24-2/h3-4,7,11-12,19H,5-6,8-9,17H2,1-2H3/t11-,12+/m1/s1. The van der Waals surface area contributed by atoms with E-state index < -0.39 is 12.0 Å². The average molecular weight is 354 g/mol. The molecule has 2 atom stereocenters. The first-order chi connectivity index (χ1) is 11.5. The number of phenolic OH excluding ortho intramolecular Hbond substituents is 1. The van der Waals surface area contributed by atoms with Gasteiger partial charge in [0.2, 0.25) is 5.90 Å². The van der Waals surface area contributed by atoms with Crippen LogP contribution in [0.2, 0.25) is 0 Å². The molecule has 0 radical (unpaired) electrons. The molecule has 1 aromatic rings. The number of nitrogens with two attached hydrogens (primary N) is 1. The fraction of sp³-hybridized carbons (Fsp3) is 0.500. The van der Waals surface area contributed by atoms with Crippen molar-refractivity contribution >= 4 is 23.6 Å². The summed E-state index contributed by atoms with van der Waals surface area (Å²) in [6.07, 6.45) is 2.55. The molecule has 0 saturated heterocycles. The lowest BCUT2D eigenvalue weighted by molar-refractivity contribution is -0.145. The molecule has 132 valence electrons. The number of hydrogen-bond acceptors (Lipinski definition) is 8. The Morgan fingerprint density at radius 2 is 2.38 bits per heavy atom. The molecule has 3 N–H and O–H groups in total. The minimum Gasteiger partial charge on any atom is -0.504 e. The van der Waals surface area contributed by atoms with Gasteiger partial charge in [0, 0.05) is 5.56 Å². The number of rotatable bonds is 8. The normalized spacial score (nSPS) is 17.8. The monoisotopic (exact) mass is 354 g/mol. The van der Waals surface area contributed by atoms with Crippen LogP contribution in [0.4, 0.5) is 0 Å². The number of phenols is 1. The van der Waals surface area contributed by atoms with Crippen LogP contribution in [0.3, 0.4) is 0 Å². The van der Waals surface area contributed by atoms with Crippen LogP contribution >= 0.6 is 11.8 Å². The van der Waals surface area contributed by atoms with Gasteiger partial charge in [-0.25, -0.2) is 4.99 Å². The van der Waals surface area contributed by atoms with Crippen LogP contribution in [-0.4, -0.2) is 61.4 Å². The van der Waals surface area contributed by atoms with Crippen molar-refractivity contribution in [1.29, 1.82) is 0 Å². The van der Waals surface area contributed by atoms with Crippen LogP contribution in [0, 0.1) is 0 Å². The topological polar surface area (TPSA) is 103 Å². The van der Waals surface area contributed by atoms with E-state index in [2.05, 4.69) is 4.99 Å². The van der Waals surface area contributed by atoms with Crippen LogP contribution in [0.15, 0.2) is 23.2 Å². The fourth-order valence-corrected chi connectivity index (χ4v) is 2.61. The number of thioether (sulfide) groups is 1. The molecular formula is C16H22N2O5S. The molecule has 1 heterocycles. The highest BCUT2D eigenvalue weighted by atomic mass is 32.2. The smallest absolute Gasteiger partial charge is 0.323 e. The zero-order valence-electron chi connectivity index (χ0n) is 13.7. The molecule has 0 spiro atoms. The zero-order chi connectivity index (χ0) is 17.5. The Balaban J connectivity index is 1.90. The summed E-state index contributed by atoms with van der Waals surface area (Å²) in [6.45, 7) is 0.455. The second-order valence-electron chi connectivity index (χ2n) is 5.30. The summed E-state index contributed by atoms with van der Waals surface area (Å²) >= 11 is 1.63. The highest BCUT2D eigenvalue weighted by Crippen LogP contribution is 2.27. The van der Waals surface area contributed by atoms with E-state index in [0.717, 1.165) is 5.75 Å². The summed E-state index contributed by atoms with van der Waals surface area (Å²) in [5, 5.41) is 9.61. The lowest BCUT2D eigenvalue weighted by Gasteiger charge is -2.12. The SMILES string of the molecule is COc1cc(C2=N[C@@H](COC(=O)[C@@H](N)CCSC)CO2)ccc1O. The maximum absolute atomic E-state index is 11.8. The van der Waals surface area contributed by atoms with Gasteiger partial charge in [0.1, 0.15) is 25.3 Å². The molecule has 1 aromatic carbocycles. The Morgan fingerprint density at radius 1 is 1.58 bits per heavy atom. The van der Waals surface area contributed by atoms with Gasteiger partial charge in [-0.05, 0) is 36.6 Å². The first kappa shape index (κ1) is 18.4. The molecule has 0 bridgehead atoms. The molecule has 2 rings (SSSR count). The Labute approximate surface area is 145 Å².